The minimum Gasteiger partial charge on any atom is -0.308 e. The molecule has 74 valence electrons. The van der Waals surface area contributed by atoms with Gasteiger partial charge in [-0.1, -0.05) is 0 Å². The van der Waals surface area contributed by atoms with E-state index >= 15 is 0 Å². The van der Waals surface area contributed by atoms with E-state index in [1.165, 1.54) is 5.01 Å². The van der Waals surface area contributed by atoms with Crippen LogP contribution in [0.25, 0.3) is 0 Å². The summed E-state index contributed by atoms with van der Waals surface area (Å²) in [6.07, 6.45) is 1.85. The van der Waals surface area contributed by atoms with Gasteiger partial charge in [0, 0.05) is 24.7 Å². The fraction of sp³-hybridized carbons (Fsp3) is 0.667. The van der Waals surface area contributed by atoms with E-state index in [0.717, 1.165) is 13.1 Å². The van der Waals surface area contributed by atoms with Crippen LogP contribution in [0.1, 0.15) is 18.0 Å². The van der Waals surface area contributed by atoms with Crippen LogP contribution in [0.3, 0.4) is 0 Å². The summed E-state index contributed by atoms with van der Waals surface area (Å²) in [5.41, 5.74) is 0. The Morgan fingerprint density at radius 1 is 1.62 bits per heavy atom. The van der Waals surface area contributed by atoms with Crippen LogP contribution in [-0.4, -0.2) is 37.1 Å². The average Bonchev–Trinajstić information content (AvgIpc) is 2.55. The average molecular weight is 199 g/mol. The van der Waals surface area contributed by atoms with E-state index in [1.807, 2.05) is 11.6 Å². The summed E-state index contributed by atoms with van der Waals surface area (Å²) in [6, 6.07) is 0.375. The molecule has 0 aromatic carbocycles. The Morgan fingerprint density at radius 3 is 2.92 bits per heavy atom. The maximum atomic E-state index is 4.26. The highest BCUT2D eigenvalue weighted by Gasteiger charge is 2.05. The van der Waals surface area contributed by atoms with Gasteiger partial charge in [0.05, 0.1) is 6.04 Å². The molecule has 0 radical (unpaired) electrons. The lowest BCUT2D eigenvalue weighted by Crippen LogP contribution is -2.28. The first-order chi connectivity index (χ1) is 6.20. The van der Waals surface area contributed by atoms with Crippen molar-refractivity contribution in [3.05, 3.63) is 16.6 Å². The van der Waals surface area contributed by atoms with Crippen molar-refractivity contribution in [3.8, 4) is 0 Å². The third-order valence-corrected chi connectivity index (χ3v) is 2.79. The minimum atomic E-state index is 0.375. The van der Waals surface area contributed by atoms with Crippen LogP contribution in [0.4, 0.5) is 0 Å². The van der Waals surface area contributed by atoms with Gasteiger partial charge in [-0.3, -0.25) is 0 Å². The standard InChI is InChI=1S/C9H17N3S/c1-8(9-11-5-7-13-9)10-4-6-12(2)3/h5,7-8,10H,4,6H2,1-3H3. The number of hydrogen-bond donors (Lipinski definition) is 1. The van der Waals surface area contributed by atoms with Crippen molar-refractivity contribution < 1.29 is 0 Å². The molecule has 1 atom stereocenters. The van der Waals surface area contributed by atoms with Crippen molar-refractivity contribution in [2.24, 2.45) is 0 Å². The van der Waals surface area contributed by atoms with Gasteiger partial charge in [0.1, 0.15) is 5.01 Å². The zero-order chi connectivity index (χ0) is 9.68. The zero-order valence-electron chi connectivity index (χ0n) is 8.45. The summed E-state index contributed by atoms with van der Waals surface area (Å²) in [4.78, 5) is 6.42. The molecule has 1 unspecified atom stereocenters. The zero-order valence-corrected chi connectivity index (χ0v) is 9.27. The number of nitrogens with zero attached hydrogens (tertiary/aromatic N) is 2. The van der Waals surface area contributed by atoms with E-state index in [9.17, 15) is 0 Å². The first kappa shape index (κ1) is 10.6. The predicted octanol–water partition coefficient (Wildman–Crippen LogP) is 1.36. The second kappa shape index (κ2) is 5.32. The molecule has 0 aliphatic heterocycles. The topological polar surface area (TPSA) is 28.2 Å². The largest absolute Gasteiger partial charge is 0.308 e. The predicted molar refractivity (Wildman–Crippen MR) is 57.1 cm³/mol. The van der Waals surface area contributed by atoms with Crippen LogP contribution in [0, 0.1) is 0 Å². The number of hydrogen-bond acceptors (Lipinski definition) is 4. The summed E-state index contributed by atoms with van der Waals surface area (Å²) in [5.74, 6) is 0. The summed E-state index contributed by atoms with van der Waals surface area (Å²) in [7, 11) is 4.16. The van der Waals surface area contributed by atoms with Gasteiger partial charge in [-0.15, -0.1) is 11.3 Å². The molecular formula is C9H17N3S. The molecule has 4 heteroatoms. The molecule has 0 saturated carbocycles. The monoisotopic (exact) mass is 199 g/mol. The quantitative estimate of drug-likeness (QED) is 0.776. The van der Waals surface area contributed by atoms with Crippen molar-refractivity contribution in [2.45, 2.75) is 13.0 Å². The molecule has 0 aliphatic rings. The molecule has 0 spiro atoms. The lowest BCUT2D eigenvalue weighted by atomic mass is 10.3. The Labute approximate surface area is 83.8 Å². The number of nitrogens with one attached hydrogen (secondary N) is 1. The van der Waals surface area contributed by atoms with Crippen molar-refractivity contribution in [3.63, 3.8) is 0 Å². The fourth-order valence-electron chi connectivity index (χ4n) is 1.04. The molecule has 1 aromatic rings. The smallest absolute Gasteiger partial charge is 0.109 e. The van der Waals surface area contributed by atoms with Crippen LogP contribution in [0.15, 0.2) is 11.6 Å². The summed E-state index contributed by atoms with van der Waals surface area (Å²) in [5, 5.41) is 6.60. The van der Waals surface area contributed by atoms with E-state index in [2.05, 4.69) is 36.2 Å². The van der Waals surface area contributed by atoms with Gasteiger partial charge in [0.25, 0.3) is 0 Å². The number of likely N-dealkylation sites (N-methyl/N-ethyl adjacent to an activating group) is 1. The lowest BCUT2D eigenvalue weighted by molar-refractivity contribution is 0.389. The molecule has 0 bridgehead atoms. The second-order valence-electron chi connectivity index (χ2n) is 3.35. The Bertz CT molecular complexity index is 221. The minimum absolute atomic E-state index is 0.375. The number of thiazole rings is 1. The van der Waals surface area contributed by atoms with Crippen LogP contribution in [-0.2, 0) is 0 Å². The number of aromatic nitrogens is 1. The normalized spacial score (nSPS) is 13.5. The third-order valence-electron chi connectivity index (χ3n) is 1.83. The molecular weight excluding hydrogens is 182 g/mol. The van der Waals surface area contributed by atoms with E-state index in [0.29, 0.717) is 6.04 Å². The summed E-state index contributed by atoms with van der Waals surface area (Å²) < 4.78 is 0. The van der Waals surface area contributed by atoms with Gasteiger partial charge < -0.3 is 10.2 Å². The van der Waals surface area contributed by atoms with Crippen LogP contribution < -0.4 is 5.32 Å². The molecule has 1 N–H and O–H groups in total. The molecule has 3 nitrogen and oxygen atoms in total. The van der Waals surface area contributed by atoms with Gasteiger partial charge in [-0.2, -0.15) is 0 Å². The van der Waals surface area contributed by atoms with Crippen LogP contribution in [0.5, 0.6) is 0 Å². The Hall–Kier alpha value is -0.450. The third kappa shape index (κ3) is 3.85. The van der Waals surface area contributed by atoms with E-state index < -0.39 is 0 Å². The molecule has 0 fully saturated rings. The lowest BCUT2D eigenvalue weighted by Gasteiger charge is -2.13. The molecule has 0 saturated heterocycles. The summed E-state index contributed by atoms with van der Waals surface area (Å²) >= 11 is 1.70. The van der Waals surface area contributed by atoms with Gasteiger partial charge in [-0.05, 0) is 21.0 Å². The van der Waals surface area contributed by atoms with Crippen molar-refractivity contribution in [1.29, 1.82) is 0 Å². The highest BCUT2D eigenvalue weighted by atomic mass is 32.1. The Kier molecular flexibility index (Phi) is 4.35. The van der Waals surface area contributed by atoms with E-state index in [-0.39, 0.29) is 0 Å². The first-order valence-electron chi connectivity index (χ1n) is 4.47. The van der Waals surface area contributed by atoms with Gasteiger partial charge in [0.15, 0.2) is 0 Å². The van der Waals surface area contributed by atoms with E-state index in [4.69, 9.17) is 0 Å². The summed E-state index contributed by atoms with van der Waals surface area (Å²) in [6.45, 7) is 4.22. The number of rotatable bonds is 5. The van der Waals surface area contributed by atoms with Crippen LogP contribution in [0.2, 0.25) is 0 Å². The second-order valence-corrected chi connectivity index (χ2v) is 4.28. The maximum absolute atomic E-state index is 4.26. The first-order valence-corrected chi connectivity index (χ1v) is 5.35. The molecule has 0 aliphatic carbocycles. The fourth-order valence-corrected chi connectivity index (χ4v) is 1.71. The molecule has 13 heavy (non-hydrogen) atoms. The van der Waals surface area contributed by atoms with Crippen LogP contribution >= 0.6 is 11.3 Å². The SMILES string of the molecule is CC(NCCN(C)C)c1nccs1. The molecule has 0 amide bonds. The Morgan fingerprint density at radius 2 is 2.38 bits per heavy atom. The van der Waals surface area contributed by atoms with Crippen molar-refractivity contribution in [2.75, 3.05) is 27.2 Å². The van der Waals surface area contributed by atoms with Gasteiger partial charge >= 0.3 is 0 Å². The molecule has 1 rings (SSSR count). The Balaban J connectivity index is 2.22. The van der Waals surface area contributed by atoms with Crippen molar-refractivity contribution in [1.82, 2.24) is 15.2 Å². The molecule has 1 heterocycles. The maximum Gasteiger partial charge on any atom is 0.109 e. The van der Waals surface area contributed by atoms with E-state index in [1.54, 1.807) is 11.3 Å². The van der Waals surface area contributed by atoms with Gasteiger partial charge in [0.2, 0.25) is 0 Å². The van der Waals surface area contributed by atoms with Gasteiger partial charge in [-0.25, -0.2) is 4.98 Å². The highest BCUT2D eigenvalue weighted by Crippen LogP contribution is 2.13. The highest BCUT2D eigenvalue weighted by molar-refractivity contribution is 7.09. The molecule has 1 aromatic heterocycles. The van der Waals surface area contributed by atoms with Crippen molar-refractivity contribution >= 4 is 11.3 Å².